The normalized spacial score (nSPS) is 10.5. The maximum Gasteiger partial charge on any atom is 0.209 e. The van der Waals surface area contributed by atoms with Gasteiger partial charge in [0.15, 0.2) is 0 Å². The maximum absolute atomic E-state index is 13.2. The van der Waals surface area contributed by atoms with Crippen LogP contribution in [0.4, 0.5) is 8.78 Å². The zero-order valence-corrected chi connectivity index (χ0v) is 9.07. The van der Waals surface area contributed by atoms with E-state index in [2.05, 4.69) is 25.3 Å². The molecule has 2 rings (SSSR count). The highest BCUT2D eigenvalue weighted by Crippen LogP contribution is 2.26. The first-order valence-electron chi connectivity index (χ1n) is 3.61. The van der Waals surface area contributed by atoms with Gasteiger partial charge in [-0.25, -0.2) is 13.8 Å². The molecule has 1 aromatic heterocycles. The van der Waals surface area contributed by atoms with Crippen LogP contribution in [0.25, 0.3) is 10.6 Å². The zero-order chi connectivity index (χ0) is 10.1. The lowest BCUT2D eigenvalue weighted by atomic mass is 10.2. The molecule has 0 unspecified atom stereocenters. The third kappa shape index (κ3) is 1.80. The molecule has 1 heterocycles. The van der Waals surface area contributed by atoms with Gasteiger partial charge in [0.25, 0.3) is 0 Å². The van der Waals surface area contributed by atoms with Crippen LogP contribution < -0.4 is 0 Å². The monoisotopic (exact) mass is 276 g/mol. The Labute approximate surface area is 90.9 Å². The topological polar surface area (TPSA) is 25.8 Å². The van der Waals surface area contributed by atoms with Gasteiger partial charge in [0, 0.05) is 0 Å². The predicted octanol–water partition coefficient (Wildman–Crippen LogP) is 3.25. The van der Waals surface area contributed by atoms with Crippen molar-refractivity contribution in [1.82, 2.24) is 9.36 Å². The molecule has 72 valence electrons. The van der Waals surface area contributed by atoms with Crippen molar-refractivity contribution in [1.29, 1.82) is 0 Å². The number of hydrogen-bond acceptors (Lipinski definition) is 3. The molecule has 0 atom stereocenters. The summed E-state index contributed by atoms with van der Waals surface area (Å²) in [5.41, 5.74) is 0.133. The lowest BCUT2D eigenvalue weighted by molar-refractivity contribution is 0.603. The van der Waals surface area contributed by atoms with E-state index in [4.69, 9.17) is 0 Å². The molecule has 0 aliphatic carbocycles. The average Bonchev–Trinajstić information content (AvgIpc) is 2.56. The molecule has 0 radical (unpaired) electrons. The molecule has 0 aliphatic rings. The third-order valence-corrected chi connectivity index (χ3v) is 2.90. The van der Waals surface area contributed by atoms with Crippen molar-refractivity contribution >= 4 is 27.5 Å². The summed E-state index contributed by atoms with van der Waals surface area (Å²) in [6.45, 7) is 0. The number of halogens is 3. The summed E-state index contributed by atoms with van der Waals surface area (Å²) in [5.74, 6) is -0.997. The van der Waals surface area contributed by atoms with E-state index in [1.54, 1.807) is 0 Å². The average molecular weight is 277 g/mol. The van der Waals surface area contributed by atoms with Gasteiger partial charge in [0.05, 0.1) is 5.56 Å². The molecular weight excluding hydrogens is 274 g/mol. The van der Waals surface area contributed by atoms with Gasteiger partial charge >= 0.3 is 0 Å². The van der Waals surface area contributed by atoms with E-state index in [0.29, 0.717) is 9.74 Å². The zero-order valence-electron chi connectivity index (χ0n) is 6.67. The molecule has 0 saturated carbocycles. The van der Waals surface area contributed by atoms with Crippen molar-refractivity contribution < 1.29 is 8.78 Å². The Bertz CT molecular complexity index is 472. The fourth-order valence-electron chi connectivity index (χ4n) is 0.976. The molecule has 2 nitrogen and oxygen atoms in total. The van der Waals surface area contributed by atoms with Crippen molar-refractivity contribution in [2.24, 2.45) is 0 Å². The smallest absolute Gasteiger partial charge is 0.209 e. The first-order chi connectivity index (χ1) is 6.66. The van der Waals surface area contributed by atoms with E-state index in [-0.39, 0.29) is 5.56 Å². The molecule has 0 amide bonds. The molecule has 1 aromatic carbocycles. The molecule has 0 spiro atoms. The maximum atomic E-state index is 13.2. The summed E-state index contributed by atoms with van der Waals surface area (Å²) in [4.78, 5) is 3.90. The van der Waals surface area contributed by atoms with Crippen LogP contribution in [-0.4, -0.2) is 9.36 Å². The molecule has 14 heavy (non-hydrogen) atoms. The van der Waals surface area contributed by atoms with E-state index in [9.17, 15) is 8.78 Å². The quantitative estimate of drug-likeness (QED) is 0.799. The minimum Gasteiger partial charge on any atom is -0.209 e. The van der Waals surface area contributed by atoms with E-state index in [1.807, 2.05) is 0 Å². The van der Waals surface area contributed by atoms with E-state index in [1.165, 1.54) is 0 Å². The van der Waals surface area contributed by atoms with E-state index in [0.717, 1.165) is 29.7 Å². The number of rotatable bonds is 1. The standard InChI is InChI=1S/C8H3BrF2N2S/c9-8-12-7(14-13-8)5-3-4(10)1-2-6(5)11/h1-3H. The van der Waals surface area contributed by atoms with Crippen molar-refractivity contribution in [3.8, 4) is 10.6 Å². The van der Waals surface area contributed by atoms with Crippen molar-refractivity contribution in [3.05, 3.63) is 34.6 Å². The lowest BCUT2D eigenvalue weighted by Gasteiger charge is -1.97. The Hall–Kier alpha value is -0.880. The Morgan fingerprint density at radius 3 is 2.71 bits per heavy atom. The van der Waals surface area contributed by atoms with Crippen LogP contribution in [0, 0.1) is 11.6 Å². The second-order valence-corrected chi connectivity index (χ2v) is 3.95. The molecule has 0 saturated heterocycles. The first kappa shape index (κ1) is 9.67. The SMILES string of the molecule is Fc1ccc(F)c(-c2nc(Br)ns2)c1. The Morgan fingerprint density at radius 2 is 2.07 bits per heavy atom. The summed E-state index contributed by atoms with van der Waals surface area (Å²) in [7, 11) is 0. The highest BCUT2D eigenvalue weighted by molar-refractivity contribution is 9.10. The number of nitrogens with zero attached hydrogens (tertiary/aromatic N) is 2. The van der Waals surface area contributed by atoms with E-state index < -0.39 is 11.6 Å². The Balaban J connectivity index is 2.55. The van der Waals surface area contributed by atoms with Crippen LogP contribution in [0.3, 0.4) is 0 Å². The van der Waals surface area contributed by atoms with Gasteiger partial charge in [0.1, 0.15) is 16.6 Å². The van der Waals surface area contributed by atoms with Gasteiger partial charge < -0.3 is 0 Å². The molecule has 0 aliphatic heterocycles. The molecule has 2 aromatic rings. The van der Waals surface area contributed by atoms with Crippen LogP contribution in [0.2, 0.25) is 0 Å². The minimum absolute atomic E-state index is 0.133. The van der Waals surface area contributed by atoms with Crippen LogP contribution in [0.1, 0.15) is 0 Å². The third-order valence-electron chi connectivity index (χ3n) is 1.56. The lowest BCUT2D eigenvalue weighted by Crippen LogP contribution is -1.85. The molecule has 0 bridgehead atoms. The summed E-state index contributed by atoms with van der Waals surface area (Å²) in [6, 6.07) is 3.23. The summed E-state index contributed by atoms with van der Waals surface area (Å²) in [5, 5.41) is 0.355. The van der Waals surface area contributed by atoms with Crippen LogP contribution in [0.15, 0.2) is 22.9 Å². The Kier molecular flexibility index (Phi) is 2.56. The van der Waals surface area contributed by atoms with E-state index >= 15 is 0 Å². The largest absolute Gasteiger partial charge is 0.209 e. The van der Waals surface area contributed by atoms with Gasteiger partial charge in [-0.15, -0.1) is 0 Å². The van der Waals surface area contributed by atoms with Gasteiger partial charge in [-0.1, -0.05) is 0 Å². The van der Waals surface area contributed by atoms with Crippen LogP contribution in [-0.2, 0) is 0 Å². The highest BCUT2D eigenvalue weighted by atomic mass is 79.9. The fourth-order valence-corrected chi connectivity index (χ4v) is 2.07. The number of benzene rings is 1. The van der Waals surface area contributed by atoms with Crippen LogP contribution in [0.5, 0.6) is 0 Å². The van der Waals surface area contributed by atoms with Gasteiger partial charge in [0.2, 0.25) is 4.73 Å². The molecule has 0 N–H and O–H groups in total. The summed E-state index contributed by atoms with van der Waals surface area (Å²) >= 11 is 4.06. The first-order valence-corrected chi connectivity index (χ1v) is 5.18. The second kappa shape index (κ2) is 3.70. The number of hydrogen-bond donors (Lipinski definition) is 0. The number of aromatic nitrogens is 2. The molecule has 6 heteroatoms. The fraction of sp³-hybridized carbons (Fsp3) is 0. The minimum atomic E-state index is -0.505. The van der Waals surface area contributed by atoms with Gasteiger partial charge in [-0.05, 0) is 45.7 Å². The van der Waals surface area contributed by atoms with Crippen molar-refractivity contribution in [2.75, 3.05) is 0 Å². The van der Waals surface area contributed by atoms with Crippen molar-refractivity contribution in [2.45, 2.75) is 0 Å². The Morgan fingerprint density at radius 1 is 1.29 bits per heavy atom. The second-order valence-electron chi connectivity index (χ2n) is 2.49. The highest BCUT2D eigenvalue weighted by Gasteiger charge is 2.10. The van der Waals surface area contributed by atoms with Crippen molar-refractivity contribution in [3.63, 3.8) is 0 Å². The predicted molar refractivity (Wildman–Crippen MR) is 53.0 cm³/mol. The molecule has 0 fully saturated rings. The van der Waals surface area contributed by atoms with Crippen LogP contribution >= 0.6 is 27.5 Å². The van der Waals surface area contributed by atoms with Gasteiger partial charge in [-0.3, -0.25) is 0 Å². The van der Waals surface area contributed by atoms with Gasteiger partial charge in [-0.2, -0.15) is 4.37 Å². The molecular formula is C8H3BrF2N2S. The summed E-state index contributed by atoms with van der Waals surface area (Å²) < 4.78 is 30.2. The summed E-state index contributed by atoms with van der Waals surface area (Å²) in [6.07, 6.45) is 0.